The van der Waals surface area contributed by atoms with E-state index < -0.39 is 0 Å². The van der Waals surface area contributed by atoms with Crippen molar-refractivity contribution in [2.45, 2.75) is 51.8 Å². The largest absolute Gasteiger partial charge is 0.487 e. The summed E-state index contributed by atoms with van der Waals surface area (Å²) >= 11 is 0. The van der Waals surface area contributed by atoms with Crippen molar-refractivity contribution in [2.24, 2.45) is 11.7 Å². The lowest BCUT2D eigenvalue weighted by Crippen LogP contribution is -2.39. The lowest BCUT2D eigenvalue weighted by Gasteiger charge is -2.32. The standard InChI is InChI=1S/C23H30N4O2/c1-23(2)13-17-5-3-6-18(20(17)29-23)14-25-15-19-7-4-10-26-22(19)27-11-8-16(9-12-27)21(24)28/h3-7,10,16,25H,8-9,11-15H2,1-2H3,(H2,24,28). The second-order valence-electron chi connectivity index (χ2n) is 8.70. The smallest absolute Gasteiger partial charge is 0.220 e. The minimum Gasteiger partial charge on any atom is -0.487 e. The van der Waals surface area contributed by atoms with Crippen LogP contribution in [0.3, 0.4) is 0 Å². The van der Waals surface area contributed by atoms with Crippen LogP contribution in [0.15, 0.2) is 36.5 Å². The number of aromatic nitrogens is 1. The molecule has 6 heteroatoms. The van der Waals surface area contributed by atoms with Crippen LogP contribution in [0.4, 0.5) is 5.82 Å². The number of hydrogen-bond acceptors (Lipinski definition) is 5. The number of amides is 1. The van der Waals surface area contributed by atoms with Crippen LogP contribution in [0.1, 0.15) is 43.4 Å². The van der Waals surface area contributed by atoms with Crippen molar-refractivity contribution in [3.63, 3.8) is 0 Å². The molecule has 3 heterocycles. The van der Waals surface area contributed by atoms with Gasteiger partial charge in [-0.3, -0.25) is 4.79 Å². The van der Waals surface area contributed by atoms with Gasteiger partial charge in [-0.1, -0.05) is 24.3 Å². The molecule has 0 aliphatic carbocycles. The summed E-state index contributed by atoms with van der Waals surface area (Å²) in [6, 6.07) is 10.5. The Hall–Kier alpha value is -2.60. The first kappa shape index (κ1) is 19.7. The molecule has 4 rings (SSSR count). The van der Waals surface area contributed by atoms with E-state index in [1.165, 1.54) is 16.7 Å². The van der Waals surface area contributed by atoms with Gasteiger partial charge in [-0.2, -0.15) is 0 Å². The Bertz CT molecular complexity index is 888. The van der Waals surface area contributed by atoms with Crippen LogP contribution in [-0.2, 0) is 24.3 Å². The molecule has 2 aromatic rings. The molecule has 2 aliphatic heterocycles. The van der Waals surface area contributed by atoms with Crippen LogP contribution in [-0.4, -0.2) is 29.6 Å². The average molecular weight is 395 g/mol. The van der Waals surface area contributed by atoms with Gasteiger partial charge in [0, 0.05) is 55.8 Å². The first-order chi connectivity index (χ1) is 13.9. The molecule has 0 atom stereocenters. The molecule has 154 valence electrons. The number of carbonyl (C=O) groups excluding carboxylic acids is 1. The van der Waals surface area contributed by atoms with Crippen LogP contribution in [0.5, 0.6) is 5.75 Å². The van der Waals surface area contributed by atoms with E-state index in [9.17, 15) is 4.79 Å². The average Bonchev–Trinajstić information content (AvgIpc) is 3.03. The summed E-state index contributed by atoms with van der Waals surface area (Å²) in [6.07, 6.45) is 4.37. The summed E-state index contributed by atoms with van der Waals surface area (Å²) in [6.45, 7) is 7.36. The highest BCUT2D eigenvalue weighted by Gasteiger charge is 2.31. The molecule has 1 aromatic carbocycles. The van der Waals surface area contributed by atoms with Gasteiger partial charge in [0.15, 0.2) is 0 Å². The summed E-state index contributed by atoms with van der Waals surface area (Å²) < 4.78 is 6.18. The zero-order valence-corrected chi connectivity index (χ0v) is 17.3. The fourth-order valence-electron chi connectivity index (χ4n) is 4.38. The van der Waals surface area contributed by atoms with Gasteiger partial charge < -0.3 is 20.7 Å². The highest BCUT2D eigenvalue weighted by molar-refractivity contribution is 5.77. The van der Waals surface area contributed by atoms with Crippen molar-refractivity contribution in [2.75, 3.05) is 18.0 Å². The number of fused-ring (bicyclic) bond motifs is 1. The van der Waals surface area contributed by atoms with Gasteiger partial charge in [0.2, 0.25) is 5.91 Å². The maximum absolute atomic E-state index is 11.4. The number of carbonyl (C=O) groups is 1. The number of benzene rings is 1. The van der Waals surface area contributed by atoms with Crippen LogP contribution in [0, 0.1) is 5.92 Å². The topological polar surface area (TPSA) is 80.5 Å². The number of pyridine rings is 1. The van der Waals surface area contributed by atoms with Gasteiger partial charge >= 0.3 is 0 Å². The van der Waals surface area contributed by atoms with Crippen LogP contribution < -0.4 is 20.7 Å². The third-order valence-electron chi connectivity index (χ3n) is 5.87. The maximum Gasteiger partial charge on any atom is 0.220 e. The van der Waals surface area contributed by atoms with E-state index in [0.29, 0.717) is 0 Å². The van der Waals surface area contributed by atoms with Gasteiger partial charge in [-0.25, -0.2) is 4.98 Å². The minimum atomic E-state index is -0.187. The first-order valence-corrected chi connectivity index (χ1v) is 10.4. The molecule has 3 N–H and O–H groups in total. The van der Waals surface area contributed by atoms with E-state index in [1.807, 2.05) is 12.3 Å². The first-order valence-electron chi connectivity index (χ1n) is 10.4. The summed E-state index contributed by atoms with van der Waals surface area (Å²) in [5.74, 6) is 1.83. The predicted octanol–water partition coefficient (Wildman–Crippen LogP) is 2.79. The molecular weight excluding hydrogens is 364 g/mol. The number of rotatable bonds is 6. The highest BCUT2D eigenvalue weighted by Crippen LogP contribution is 2.37. The molecule has 0 unspecified atom stereocenters. The zero-order chi connectivity index (χ0) is 20.4. The fourth-order valence-corrected chi connectivity index (χ4v) is 4.38. The third-order valence-corrected chi connectivity index (χ3v) is 5.87. The number of hydrogen-bond donors (Lipinski definition) is 2. The van der Waals surface area contributed by atoms with Crippen LogP contribution in [0.2, 0.25) is 0 Å². The molecule has 2 aliphatic rings. The summed E-state index contributed by atoms with van der Waals surface area (Å²) in [4.78, 5) is 18.3. The Labute approximate surface area is 172 Å². The molecule has 0 saturated carbocycles. The summed E-state index contributed by atoms with van der Waals surface area (Å²) in [5.41, 5.74) is 8.98. The zero-order valence-electron chi connectivity index (χ0n) is 17.3. The molecule has 1 fully saturated rings. The van der Waals surface area contributed by atoms with E-state index in [2.05, 4.69) is 53.3 Å². The Morgan fingerprint density at radius 3 is 2.69 bits per heavy atom. The van der Waals surface area contributed by atoms with E-state index in [-0.39, 0.29) is 17.4 Å². The van der Waals surface area contributed by atoms with Crippen molar-refractivity contribution in [3.8, 4) is 5.75 Å². The van der Waals surface area contributed by atoms with Gasteiger partial charge in [-0.05, 0) is 38.3 Å². The second-order valence-corrected chi connectivity index (χ2v) is 8.70. The molecule has 0 bridgehead atoms. The fraction of sp³-hybridized carbons (Fsp3) is 0.478. The number of para-hydroxylation sites is 1. The van der Waals surface area contributed by atoms with Crippen molar-refractivity contribution in [1.82, 2.24) is 10.3 Å². The Morgan fingerprint density at radius 1 is 1.21 bits per heavy atom. The monoisotopic (exact) mass is 394 g/mol. The number of primary amides is 1. The van der Waals surface area contributed by atoms with E-state index in [1.54, 1.807) is 0 Å². The molecular formula is C23H30N4O2. The number of ether oxygens (including phenoxy) is 1. The van der Waals surface area contributed by atoms with E-state index in [0.717, 1.165) is 57.0 Å². The Kier molecular flexibility index (Phi) is 5.46. The molecule has 6 nitrogen and oxygen atoms in total. The lowest BCUT2D eigenvalue weighted by atomic mass is 9.96. The number of piperidine rings is 1. The SMILES string of the molecule is CC1(C)Cc2cccc(CNCc3cccnc3N3CCC(C(N)=O)CC3)c2O1. The second kappa shape index (κ2) is 8.03. The number of nitrogens with two attached hydrogens (primary N) is 1. The van der Waals surface area contributed by atoms with Crippen molar-refractivity contribution in [1.29, 1.82) is 0 Å². The normalized spacial score (nSPS) is 18.3. The Balaban J connectivity index is 1.40. The number of nitrogens with zero attached hydrogens (tertiary/aromatic N) is 2. The van der Waals surface area contributed by atoms with Crippen LogP contribution in [0.25, 0.3) is 0 Å². The quantitative estimate of drug-likeness (QED) is 0.787. The molecule has 1 amide bonds. The van der Waals surface area contributed by atoms with E-state index in [4.69, 9.17) is 10.5 Å². The minimum absolute atomic E-state index is 0.0130. The Morgan fingerprint density at radius 2 is 1.93 bits per heavy atom. The summed E-state index contributed by atoms with van der Waals surface area (Å²) in [5, 5.41) is 3.56. The van der Waals surface area contributed by atoms with Gasteiger partial charge in [0.05, 0.1) is 0 Å². The molecule has 1 aromatic heterocycles. The summed E-state index contributed by atoms with van der Waals surface area (Å²) in [7, 11) is 0. The van der Waals surface area contributed by atoms with Gasteiger partial charge in [0.1, 0.15) is 17.2 Å². The molecule has 0 radical (unpaired) electrons. The van der Waals surface area contributed by atoms with Gasteiger partial charge in [-0.15, -0.1) is 0 Å². The maximum atomic E-state index is 11.4. The number of anilines is 1. The highest BCUT2D eigenvalue weighted by atomic mass is 16.5. The van der Waals surface area contributed by atoms with Crippen molar-refractivity contribution >= 4 is 11.7 Å². The van der Waals surface area contributed by atoms with Crippen molar-refractivity contribution in [3.05, 3.63) is 53.2 Å². The molecule has 0 spiro atoms. The van der Waals surface area contributed by atoms with E-state index >= 15 is 0 Å². The molecule has 29 heavy (non-hydrogen) atoms. The predicted molar refractivity (Wildman–Crippen MR) is 114 cm³/mol. The lowest BCUT2D eigenvalue weighted by molar-refractivity contribution is -0.122. The third kappa shape index (κ3) is 4.37. The van der Waals surface area contributed by atoms with Crippen LogP contribution >= 0.6 is 0 Å². The number of nitrogens with one attached hydrogen (secondary N) is 1. The van der Waals surface area contributed by atoms with Crippen molar-refractivity contribution < 1.29 is 9.53 Å². The molecule has 1 saturated heterocycles. The van der Waals surface area contributed by atoms with Gasteiger partial charge in [0.25, 0.3) is 0 Å².